The number of nitrogens with one attached hydrogen (secondary N) is 1. The molecule has 5 aromatic rings. The second-order valence-corrected chi connectivity index (χ2v) is 8.24. The van der Waals surface area contributed by atoms with Crippen LogP contribution in [0.15, 0.2) is 72.8 Å². The molecule has 0 atom stereocenters. The van der Waals surface area contributed by atoms with Gasteiger partial charge in [-0.3, -0.25) is 9.36 Å². The summed E-state index contributed by atoms with van der Waals surface area (Å²) in [5.74, 6) is 1.42. The maximum atomic E-state index is 13.0. The topological polar surface area (TPSA) is 101 Å². The minimum atomic E-state index is -0.312. The van der Waals surface area contributed by atoms with Crippen molar-refractivity contribution in [1.82, 2.24) is 29.3 Å². The number of nitrogens with zero attached hydrogens (tertiary/aromatic N) is 6. The summed E-state index contributed by atoms with van der Waals surface area (Å²) in [6.07, 6.45) is 0. The highest BCUT2D eigenvalue weighted by molar-refractivity contribution is 7.71. The number of fused-ring (bicyclic) bond motifs is 1. The van der Waals surface area contributed by atoms with Gasteiger partial charge in [0.05, 0.1) is 25.4 Å². The lowest BCUT2D eigenvalue weighted by molar-refractivity contribution is -0.116. The van der Waals surface area contributed by atoms with Crippen molar-refractivity contribution >= 4 is 34.8 Å². The number of methoxy groups -OCH3 is 2. The van der Waals surface area contributed by atoms with E-state index in [0.717, 1.165) is 16.7 Å². The molecule has 5 rings (SSSR count). The Morgan fingerprint density at radius 2 is 1.75 bits per heavy atom. The predicted molar refractivity (Wildman–Crippen MR) is 137 cm³/mol. The lowest BCUT2D eigenvalue weighted by Crippen LogP contribution is -2.20. The molecule has 0 saturated carbocycles. The van der Waals surface area contributed by atoms with Crippen LogP contribution in [0.5, 0.6) is 11.5 Å². The van der Waals surface area contributed by atoms with E-state index in [1.54, 1.807) is 30.0 Å². The van der Waals surface area contributed by atoms with Crippen molar-refractivity contribution in [1.29, 1.82) is 0 Å². The molecule has 0 spiro atoms. The first-order chi connectivity index (χ1) is 17.6. The van der Waals surface area contributed by atoms with Crippen molar-refractivity contribution < 1.29 is 14.3 Å². The summed E-state index contributed by atoms with van der Waals surface area (Å²) in [6.45, 7) is 0.224. The Morgan fingerprint density at radius 3 is 2.53 bits per heavy atom. The van der Waals surface area contributed by atoms with Gasteiger partial charge < -0.3 is 14.8 Å². The lowest BCUT2D eigenvalue weighted by Gasteiger charge is -2.11. The molecule has 0 saturated heterocycles. The van der Waals surface area contributed by atoms with Crippen LogP contribution in [-0.4, -0.2) is 49.5 Å². The molecule has 36 heavy (non-hydrogen) atoms. The zero-order valence-corrected chi connectivity index (χ0v) is 20.5. The zero-order chi connectivity index (χ0) is 25.1. The molecule has 0 aliphatic rings. The summed E-state index contributed by atoms with van der Waals surface area (Å²) < 4.78 is 16.1. The van der Waals surface area contributed by atoms with Crippen LogP contribution in [0, 0.1) is 4.77 Å². The molecule has 1 amide bonds. The Kier molecular flexibility index (Phi) is 6.46. The van der Waals surface area contributed by atoms with Gasteiger partial charge in [-0.2, -0.15) is 5.10 Å². The Labute approximate surface area is 211 Å². The van der Waals surface area contributed by atoms with E-state index in [9.17, 15) is 4.79 Å². The van der Waals surface area contributed by atoms with Crippen LogP contribution in [0.1, 0.15) is 5.82 Å². The average molecular weight is 502 g/mol. The highest BCUT2D eigenvalue weighted by Crippen LogP contribution is 2.29. The van der Waals surface area contributed by atoms with Gasteiger partial charge in [0.1, 0.15) is 30.1 Å². The molecule has 0 radical (unpaired) electrons. The van der Waals surface area contributed by atoms with Gasteiger partial charge in [-0.25, -0.2) is 9.36 Å². The molecule has 0 aliphatic carbocycles. The predicted octanol–water partition coefficient (Wildman–Crippen LogP) is 3.85. The number of rotatable bonds is 8. The van der Waals surface area contributed by atoms with E-state index in [-0.39, 0.29) is 12.5 Å². The van der Waals surface area contributed by atoms with Crippen LogP contribution in [0.3, 0.4) is 0 Å². The van der Waals surface area contributed by atoms with Gasteiger partial charge in [0.15, 0.2) is 5.82 Å². The molecule has 0 fully saturated rings. The first-order valence-corrected chi connectivity index (χ1v) is 11.5. The summed E-state index contributed by atoms with van der Waals surface area (Å²) in [7, 11) is 3.10. The number of anilines is 1. The van der Waals surface area contributed by atoms with Crippen LogP contribution < -0.4 is 14.8 Å². The second kappa shape index (κ2) is 10.0. The largest absolute Gasteiger partial charge is 0.497 e. The molecule has 0 bridgehead atoms. The molecule has 10 nitrogen and oxygen atoms in total. The highest BCUT2D eigenvalue weighted by atomic mass is 32.1. The number of amides is 1. The molecule has 2 aromatic heterocycles. The van der Waals surface area contributed by atoms with Gasteiger partial charge in [-0.05, 0) is 48.6 Å². The molecule has 3 aromatic carbocycles. The number of carbonyl (C=O) groups is 1. The van der Waals surface area contributed by atoms with Crippen molar-refractivity contribution in [3.05, 3.63) is 83.4 Å². The van der Waals surface area contributed by atoms with Crippen molar-refractivity contribution in [3.8, 4) is 17.2 Å². The van der Waals surface area contributed by atoms with Crippen LogP contribution in [0.2, 0.25) is 0 Å². The van der Waals surface area contributed by atoms with Crippen molar-refractivity contribution in [2.24, 2.45) is 0 Å². The first kappa shape index (κ1) is 23.2. The van der Waals surface area contributed by atoms with Crippen LogP contribution in [-0.2, 0) is 17.9 Å². The summed E-state index contributed by atoms with van der Waals surface area (Å²) in [6, 6.07) is 22.5. The molecule has 182 valence electrons. The van der Waals surface area contributed by atoms with Crippen molar-refractivity contribution in [2.75, 3.05) is 19.5 Å². The number of aromatic nitrogens is 6. The van der Waals surface area contributed by atoms with Gasteiger partial charge in [-0.1, -0.05) is 35.5 Å². The van der Waals surface area contributed by atoms with Gasteiger partial charge in [0.2, 0.25) is 10.7 Å². The molecule has 2 heterocycles. The minimum absolute atomic E-state index is 0.0931. The summed E-state index contributed by atoms with van der Waals surface area (Å²) >= 11 is 5.75. The van der Waals surface area contributed by atoms with E-state index >= 15 is 0 Å². The maximum absolute atomic E-state index is 13.0. The lowest BCUT2D eigenvalue weighted by atomic mass is 10.2. The first-order valence-electron chi connectivity index (χ1n) is 11.1. The molecule has 0 aliphatic heterocycles. The molecule has 1 N–H and O–H groups in total. The smallest absolute Gasteiger partial charge is 0.246 e. The van der Waals surface area contributed by atoms with Gasteiger partial charge in [0.25, 0.3) is 0 Å². The normalized spacial score (nSPS) is 10.9. The van der Waals surface area contributed by atoms with E-state index in [1.165, 1.54) is 11.8 Å². The summed E-state index contributed by atoms with van der Waals surface area (Å²) in [5, 5.41) is 16.1. The number of hydrogen-bond acceptors (Lipinski definition) is 7. The summed E-state index contributed by atoms with van der Waals surface area (Å²) in [5.41, 5.74) is 2.99. The Bertz CT molecular complexity index is 1590. The number of carbonyl (C=O) groups excluding carboxylic acids is 1. The number of para-hydroxylation sites is 2. The quantitative estimate of drug-likeness (QED) is 0.322. The molecular weight excluding hydrogens is 478 g/mol. The minimum Gasteiger partial charge on any atom is -0.497 e. The summed E-state index contributed by atoms with van der Waals surface area (Å²) in [4.78, 5) is 13.0. The monoisotopic (exact) mass is 501 g/mol. The third-order valence-electron chi connectivity index (χ3n) is 5.61. The molecule has 11 heteroatoms. The van der Waals surface area contributed by atoms with Gasteiger partial charge in [-0.15, -0.1) is 5.10 Å². The van der Waals surface area contributed by atoms with Crippen LogP contribution in [0.4, 0.5) is 5.69 Å². The highest BCUT2D eigenvalue weighted by Gasteiger charge is 2.18. The molecule has 0 unspecified atom stereocenters. The van der Waals surface area contributed by atoms with E-state index in [4.69, 9.17) is 26.8 Å². The van der Waals surface area contributed by atoms with E-state index in [2.05, 4.69) is 15.6 Å². The maximum Gasteiger partial charge on any atom is 0.246 e. The van der Waals surface area contributed by atoms with Crippen molar-refractivity contribution in [2.45, 2.75) is 13.1 Å². The van der Waals surface area contributed by atoms with Crippen LogP contribution >= 0.6 is 12.2 Å². The van der Waals surface area contributed by atoms with Crippen LogP contribution in [0.25, 0.3) is 16.7 Å². The number of benzene rings is 3. The average Bonchev–Trinajstić information content (AvgIpc) is 3.45. The zero-order valence-electron chi connectivity index (χ0n) is 19.7. The van der Waals surface area contributed by atoms with E-state index in [1.807, 2.05) is 59.2 Å². The van der Waals surface area contributed by atoms with Gasteiger partial charge >= 0.3 is 0 Å². The fraction of sp³-hybridized carbons (Fsp3) is 0.160. The van der Waals surface area contributed by atoms with Crippen molar-refractivity contribution in [3.63, 3.8) is 0 Å². The standard InChI is InChI=1S/C25H23N7O3S/c1-34-18-12-13-22(35-2)20(14-18)26-24(33)16-31-25(36)32(17-8-4-3-5-9-17)23(28-31)15-30-21-11-7-6-10-19(21)27-29-30/h3-14H,15-16H2,1-2H3,(H,26,33). The fourth-order valence-corrected chi connectivity index (χ4v) is 4.22. The Hall–Kier alpha value is -4.51. The number of ether oxygens (including phenoxy) is 2. The fourth-order valence-electron chi connectivity index (χ4n) is 3.90. The SMILES string of the molecule is COc1ccc(OC)c(NC(=O)Cn2nc(Cn3nnc4ccccc43)n(-c3ccccc3)c2=S)c1. The number of hydrogen-bond donors (Lipinski definition) is 1. The Balaban J connectivity index is 1.48. The van der Waals surface area contributed by atoms with E-state index < -0.39 is 0 Å². The Morgan fingerprint density at radius 1 is 0.972 bits per heavy atom. The second-order valence-electron chi connectivity index (χ2n) is 7.88. The third kappa shape index (κ3) is 4.56. The van der Waals surface area contributed by atoms with E-state index in [0.29, 0.717) is 34.3 Å². The third-order valence-corrected chi connectivity index (χ3v) is 6.00. The molecular formula is C25H23N7O3S. The van der Waals surface area contributed by atoms with Gasteiger partial charge in [0, 0.05) is 11.8 Å².